The molecule has 0 amide bonds. The topological polar surface area (TPSA) is 15.3 Å². The van der Waals surface area contributed by atoms with Gasteiger partial charge in [0, 0.05) is 24.6 Å². The first kappa shape index (κ1) is 12.3. The van der Waals surface area contributed by atoms with Crippen LogP contribution in [0.3, 0.4) is 0 Å². The summed E-state index contributed by atoms with van der Waals surface area (Å²) in [5.74, 6) is 2.69. The minimum atomic E-state index is 1.11. The van der Waals surface area contributed by atoms with Crippen LogP contribution in [0.2, 0.25) is 0 Å². The van der Waals surface area contributed by atoms with Crippen molar-refractivity contribution in [3.63, 3.8) is 0 Å². The maximum absolute atomic E-state index is 3.37. The zero-order chi connectivity index (χ0) is 10.1. The molecule has 0 aromatic rings. The minimum Gasteiger partial charge on any atom is -0.317 e. The molecule has 0 spiro atoms. The van der Waals surface area contributed by atoms with E-state index in [1.807, 2.05) is 0 Å². The molecule has 1 rings (SSSR count). The van der Waals surface area contributed by atoms with Crippen LogP contribution in [0, 0.1) is 0 Å². The second kappa shape index (κ2) is 8.57. The Morgan fingerprint density at radius 3 is 2.64 bits per heavy atom. The quantitative estimate of drug-likeness (QED) is 0.654. The molecule has 1 saturated heterocycles. The van der Waals surface area contributed by atoms with Crippen molar-refractivity contribution in [3.05, 3.63) is 0 Å². The van der Waals surface area contributed by atoms with Gasteiger partial charge in [-0.3, -0.25) is 0 Å². The number of unbranched alkanes of at least 4 members (excludes halogenated alkanes) is 2. The smallest absolute Gasteiger partial charge is 0.00727 e. The number of hydrogen-bond donors (Lipinski definition) is 1. The highest BCUT2D eigenvalue weighted by Crippen LogP contribution is 2.09. The highest BCUT2D eigenvalue weighted by molar-refractivity contribution is 7.99. The molecule has 84 valence electrons. The van der Waals surface area contributed by atoms with E-state index >= 15 is 0 Å². The molecule has 0 aliphatic carbocycles. The summed E-state index contributed by atoms with van der Waals surface area (Å²) in [5, 5.41) is 3.37. The summed E-state index contributed by atoms with van der Waals surface area (Å²) in [7, 11) is 0. The number of hydrogen-bond acceptors (Lipinski definition) is 3. The van der Waals surface area contributed by atoms with Crippen molar-refractivity contribution < 1.29 is 0 Å². The van der Waals surface area contributed by atoms with Crippen LogP contribution in [0.5, 0.6) is 0 Å². The molecule has 0 atom stereocenters. The zero-order valence-corrected chi connectivity index (χ0v) is 10.2. The summed E-state index contributed by atoms with van der Waals surface area (Å²) in [6.07, 6.45) is 4.11. The Labute approximate surface area is 92.8 Å². The maximum Gasteiger partial charge on any atom is 0.00727 e. The largest absolute Gasteiger partial charge is 0.317 e. The first-order chi connectivity index (χ1) is 6.93. The Balaban J connectivity index is 1.82. The van der Waals surface area contributed by atoms with E-state index in [4.69, 9.17) is 0 Å². The van der Waals surface area contributed by atoms with Crippen LogP contribution in [0.25, 0.3) is 0 Å². The molecule has 3 heteroatoms. The van der Waals surface area contributed by atoms with Crippen molar-refractivity contribution in [1.82, 2.24) is 10.2 Å². The fourth-order valence-corrected chi connectivity index (χ4v) is 2.74. The van der Waals surface area contributed by atoms with Gasteiger partial charge in [0.1, 0.15) is 0 Å². The molecule has 0 radical (unpaired) electrons. The Bertz CT molecular complexity index is 124. The van der Waals surface area contributed by atoms with Gasteiger partial charge in [-0.05, 0) is 32.5 Å². The predicted octanol–water partition coefficient (Wildman–Crippen LogP) is 1.81. The molecule has 0 saturated carbocycles. The van der Waals surface area contributed by atoms with Gasteiger partial charge in [0.25, 0.3) is 0 Å². The van der Waals surface area contributed by atoms with Crippen LogP contribution >= 0.6 is 11.8 Å². The van der Waals surface area contributed by atoms with Gasteiger partial charge in [0.05, 0.1) is 0 Å². The van der Waals surface area contributed by atoms with Crippen molar-refractivity contribution in [2.45, 2.75) is 26.2 Å². The van der Waals surface area contributed by atoms with Crippen molar-refractivity contribution in [2.24, 2.45) is 0 Å². The van der Waals surface area contributed by atoms with Gasteiger partial charge in [-0.1, -0.05) is 13.3 Å². The number of nitrogens with one attached hydrogen (secondary N) is 1. The van der Waals surface area contributed by atoms with E-state index in [0.29, 0.717) is 0 Å². The molecule has 1 heterocycles. The zero-order valence-electron chi connectivity index (χ0n) is 9.43. The third-order valence-electron chi connectivity index (χ3n) is 2.68. The lowest BCUT2D eigenvalue weighted by molar-refractivity contribution is 0.294. The van der Waals surface area contributed by atoms with Gasteiger partial charge >= 0.3 is 0 Å². The van der Waals surface area contributed by atoms with Crippen LogP contribution in [-0.4, -0.2) is 49.1 Å². The molecule has 0 aromatic heterocycles. The van der Waals surface area contributed by atoms with Crippen LogP contribution < -0.4 is 5.32 Å². The van der Waals surface area contributed by atoms with E-state index in [0.717, 1.165) is 6.54 Å². The maximum atomic E-state index is 3.37. The summed E-state index contributed by atoms with van der Waals surface area (Å²) < 4.78 is 0. The monoisotopic (exact) mass is 216 g/mol. The Morgan fingerprint density at radius 1 is 1.14 bits per heavy atom. The minimum absolute atomic E-state index is 1.11. The highest BCUT2D eigenvalue weighted by Gasteiger charge is 2.08. The third-order valence-corrected chi connectivity index (χ3v) is 3.62. The van der Waals surface area contributed by atoms with Crippen LogP contribution in [0.15, 0.2) is 0 Å². The summed E-state index contributed by atoms with van der Waals surface area (Å²) in [6, 6.07) is 0. The Kier molecular flexibility index (Phi) is 7.55. The molecular formula is C11H24N2S. The molecular weight excluding hydrogens is 192 g/mol. The second-order valence-electron chi connectivity index (χ2n) is 3.87. The number of rotatable bonds is 7. The standard InChI is InChI=1S/C11H24N2S/c1-2-12-6-4-3-5-7-13-8-10-14-11-9-13/h12H,2-11H2,1H3. The van der Waals surface area contributed by atoms with Gasteiger partial charge < -0.3 is 10.2 Å². The summed E-state index contributed by atoms with van der Waals surface area (Å²) in [4.78, 5) is 2.61. The Morgan fingerprint density at radius 2 is 1.93 bits per heavy atom. The molecule has 1 fully saturated rings. The highest BCUT2D eigenvalue weighted by atomic mass is 32.2. The Hall–Kier alpha value is 0.270. The van der Waals surface area contributed by atoms with Gasteiger partial charge in [-0.25, -0.2) is 0 Å². The van der Waals surface area contributed by atoms with Crippen LogP contribution in [0.4, 0.5) is 0 Å². The van der Waals surface area contributed by atoms with E-state index in [2.05, 4.69) is 28.9 Å². The normalized spacial score (nSPS) is 18.6. The van der Waals surface area contributed by atoms with Crippen molar-refractivity contribution >= 4 is 11.8 Å². The van der Waals surface area contributed by atoms with Gasteiger partial charge in [0.2, 0.25) is 0 Å². The SMILES string of the molecule is CCNCCCCCN1CCSCC1. The van der Waals surface area contributed by atoms with Crippen LogP contribution in [-0.2, 0) is 0 Å². The van der Waals surface area contributed by atoms with Gasteiger partial charge in [-0.2, -0.15) is 11.8 Å². The van der Waals surface area contributed by atoms with E-state index in [1.165, 1.54) is 56.9 Å². The molecule has 2 nitrogen and oxygen atoms in total. The van der Waals surface area contributed by atoms with E-state index < -0.39 is 0 Å². The van der Waals surface area contributed by atoms with Gasteiger partial charge in [-0.15, -0.1) is 0 Å². The molecule has 14 heavy (non-hydrogen) atoms. The molecule has 0 bridgehead atoms. The van der Waals surface area contributed by atoms with E-state index in [-0.39, 0.29) is 0 Å². The molecule has 0 aromatic carbocycles. The molecule has 1 N–H and O–H groups in total. The average molecular weight is 216 g/mol. The van der Waals surface area contributed by atoms with E-state index in [9.17, 15) is 0 Å². The van der Waals surface area contributed by atoms with Gasteiger partial charge in [0.15, 0.2) is 0 Å². The molecule has 1 aliphatic rings. The lowest BCUT2D eigenvalue weighted by atomic mass is 10.2. The lowest BCUT2D eigenvalue weighted by Gasteiger charge is -2.25. The lowest BCUT2D eigenvalue weighted by Crippen LogP contribution is -2.33. The summed E-state index contributed by atoms with van der Waals surface area (Å²) in [6.45, 7) is 8.45. The molecule has 0 unspecified atom stereocenters. The number of thioether (sulfide) groups is 1. The van der Waals surface area contributed by atoms with Crippen molar-refractivity contribution in [1.29, 1.82) is 0 Å². The molecule has 1 aliphatic heterocycles. The average Bonchev–Trinajstić information content (AvgIpc) is 2.25. The third kappa shape index (κ3) is 5.89. The van der Waals surface area contributed by atoms with Crippen molar-refractivity contribution in [3.8, 4) is 0 Å². The summed E-state index contributed by atoms with van der Waals surface area (Å²) >= 11 is 2.10. The summed E-state index contributed by atoms with van der Waals surface area (Å²) in [5.41, 5.74) is 0. The predicted molar refractivity (Wildman–Crippen MR) is 66.2 cm³/mol. The fourth-order valence-electron chi connectivity index (χ4n) is 1.76. The van der Waals surface area contributed by atoms with E-state index in [1.54, 1.807) is 0 Å². The fraction of sp³-hybridized carbons (Fsp3) is 1.00. The first-order valence-corrected chi connectivity index (χ1v) is 7.09. The first-order valence-electron chi connectivity index (χ1n) is 5.94. The van der Waals surface area contributed by atoms with Crippen molar-refractivity contribution in [2.75, 3.05) is 44.2 Å². The number of nitrogens with zero attached hydrogens (tertiary/aromatic N) is 1. The second-order valence-corrected chi connectivity index (χ2v) is 5.09. The van der Waals surface area contributed by atoms with Crippen LogP contribution in [0.1, 0.15) is 26.2 Å².